The van der Waals surface area contributed by atoms with Crippen molar-refractivity contribution in [2.75, 3.05) is 5.73 Å². The Morgan fingerprint density at radius 3 is 2.81 bits per heavy atom. The van der Waals surface area contributed by atoms with Crippen LogP contribution in [-0.4, -0.2) is 15.8 Å². The molecule has 0 aliphatic rings. The molecule has 0 saturated carbocycles. The highest BCUT2D eigenvalue weighted by Crippen LogP contribution is 2.17. The number of rotatable bonds is 2. The van der Waals surface area contributed by atoms with Crippen LogP contribution in [0.3, 0.4) is 0 Å². The lowest BCUT2D eigenvalue weighted by molar-refractivity contribution is 0.103. The number of nitrogens with zero attached hydrogens (tertiary/aromatic N) is 2. The third-order valence-corrected chi connectivity index (χ3v) is 2.23. The maximum absolute atomic E-state index is 12.0. The summed E-state index contributed by atoms with van der Waals surface area (Å²) in [7, 11) is 0. The van der Waals surface area contributed by atoms with E-state index in [1.807, 2.05) is 0 Å². The summed E-state index contributed by atoms with van der Waals surface area (Å²) in [5.41, 5.74) is 6.20. The van der Waals surface area contributed by atoms with E-state index in [1.165, 1.54) is 12.3 Å². The molecule has 0 aromatic carbocycles. The molecule has 5 heteroatoms. The van der Waals surface area contributed by atoms with Crippen molar-refractivity contribution in [1.29, 1.82) is 0 Å². The second kappa shape index (κ2) is 4.28. The predicted molar refractivity (Wildman–Crippen MR) is 61.3 cm³/mol. The number of carbonyl (C=O) groups excluding carboxylic acids is 1. The average molecular weight is 234 g/mol. The van der Waals surface area contributed by atoms with Crippen LogP contribution >= 0.6 is 11.6 Å². The van der Waals surface area contributed by atoms with Crippen LogP contribution in [0.1, 0.15) is 16.1 Å². The summed E-state index contributed by atoms with van der Waals surface area (Å²) in [6, 6.07) is 6.56. The van der Waals surface area contributed by atoms with Crippen LogP contribution < -0.4 is 5.73 Å². The first-order chi connectivity index (χ1) is 7.68. The van der Waals surface area contributed by atoms with Gasteiger partial charge in [0.2, 0.25) is 5.78 Å². The molecule has 0 amide bonds. The Hall–Kier alpha value is -1.94. The van der Waals surface area contributed by atoms with Gasteiger partial charge in [0.1, 0.15) is 11.5 Å². The Balaban J connectivity index is 2.46. The molecule has 2 N–H and O–H groups in total. The number of hydrogen-bond donors (Lipinski definition) is 1. The highest BCUT2D eigenvalue weighted by molar-refractivity contribution is 6.31. The van der Waals surface area contributed by atoms with Gasteiger partial charge in [0.05, 0.1) is 10.6 Å². The summed E-state index contributed by atoms with van der Waals surface area (Å²) in [5.74, 6) is -0.131. The molecule has 0 saturated heterocycles. The highest BCUT2D eigenvalue weighted by Gasteiger charge is 2.14. The lowest BCUT2D eigenvalue weighted by atomic mass is 10.1. The molecule has 16 heavy (non-hydrogen) atoms. The SMILES string of the molecule is Nc1ncc(Cl)cc1C(=O)c1ccccn1. The molecule has 0 bridgehead atoms. The third kappa shape index (κ3) is 2.01. The van der Waals surface area contributed by atoms with Gasteiger partial charge in [-0.1, -0.05) is 17.7 Å². The van der Waals surface area contributed by atoms with E-state index in [0.29, 0.717) is 10.7 Å². The molecule has 2 aromatic rings. The number of ketones is 1. The van der Waals surface area contributed by atoms with E-state index in [-0.39, 0.29) is 17.2 Å². The summed E-state index contributed by atoms with van der Waals surface area (Å²) >= 11 is 5.76. The standard InChI is InChI=1S/C11H8ClN3O/c12-7-5-8(11(13)15-6-7)10(16)9-3-1-2-4-14-9/h1-6H,(H2,13,15). The van der Waals surface area contributed by atoms with Crippen molar-refractivity contribution in [2.24, 2.45) is 0 Å². The zero-order chi connectivity index (χ0) is 11.5. The molecule has 2 heterocycles. The molecule has 0 radical (unpaired) electrons. The topological polar surface area (TPSA) is 68.9 Å². The third-order valence-electron chi connectivity index (χ3n) is 2.03. The number of nitrogens with two attached hydrogens (primary N) is 1. The van der Waals surface area contributed by atoms with Crippen LogP contribution in [0.5, 0.6) is 0 Å². The van der Waals surface area contributed by atoms with Gasteiger partial charge >= 0.3 is 0 Å². The molecule has 0 fully saturated rings. The Morgan fingerprint density at radius 1 is 1.31 bits per heavy atom. The van der Waals surface area contributed by atoms with Crippen molar-refractivity contribution >= 4 is 23.2 Å². The molecular weight excluding hydrogens is 226 g/mol. The summed E-state index contributed by atoms with van der Waals surface area (Å²) in [4.78, 5) is 19.8. The van der Waals surface area contributed by atoms with Gasteiger partial charge in [0, 0.05) is 12.4 Å². The van der Waals surface area contributed by atoms with Crippen LogP contribution in [0.2, 0.25) is 5.02 Å². The van der Waals surface area contributed by atoms with E-state index >= 15 is 0 Å². The fraction of sp³-hybridized carbons (Fsp3) is 0. The van der Waals surface area contributed by atoms with Gasteiger partial charge in [-0.25, -0.2) is 4.98 Å². The van der Waals surface area contributed by atoms with Gasteiger partial charge in [0.15, 0.2) is 0 Å². The number of aromatic nitrogens is 2. The molecule has 0 unspecified atom stereocenters. The maximum atomic E-state index is 12.0. The van der Waals surface area contributed by atoms with Gasteiger partial charge in [-0.3, -0.25) is 9.78 Å². The Morgan fingerprint density at radius 2 is 2.12 bits per heavy atom. The van der Waals surface area contributed by atoms with E-state index in [4.69, 9.17) is 17.3 Å². The van der Waals surface area contributed by atoms with Crippen molar-refractivity contribution in [3.05, 3.63) is 52.9 Å². The van der Waals surface area contributed by atoms with Crippen LogP contribution in [0.15, 0.2) is 36.7 Å². The number of hydrogen-bond acceptors (Lipinski definition) is 4. The largest absolute Gasteiger partial charge is 0.383 e. The van der Waals surface area contributed by atoms with Crippen LogP contribution in [0, 0.1) is 0 Å². The summed E-state index contributed by atoms with van der Waals surface area (Å²) in [6.45, 7) is 0. The van der Waals surface area contributed by atoms with Crippen molar-refractivity contribution < 1.29 is 4.79 Å². The van der Waals surface area contributed by atoms with Gasteiger partial charge in [-0.2, -0.15) is 0 Å². The van der Waals surface area contributed by atoms with E-state index in [0.717, 1.165) is 0 Å². The van der Waals surface area contributed by atoms with Crippen LogP contribution in [0.25, 0.3) is 0 Å². The van der Waals surface area contributed by atoms with Crippen molar-refractivity contribution in [3.63, 3.8) is 0 Å². The van der Waals surface area contributed by atoms with Crippen LogP contribution in [0.4, 0.5) is 5.82 Å². The second-order valence-electron chi connectivity index (χ2n) is 3.13. The summed E-state index contributed by atoms with van der Waals surface area (Å²) in [6.07, 6.45) is 2.94. The zero-order valence-electron chi connectivity index (χ0n) is 8.22. The minimum Gasteiger partial charge on any atom is -0.383 e. The molecule has 0 spiro atoms. The van der Waals surface area contributed by atoms with Crippen molar-refractivity contribution in [2.45, 2.75) is 0 Å². The first kappa shape index (κ1) is 10.6. The fourth-order valence-electron chi connectivity index (χ4n) is 1.27. The average Bonchev–Trinajstić information content (AvgIpc) is 2.32. The normalized spacial score (nSPS) is 10.1. The van der Waals surface area contributed by atoms with Crippen LogP contribution in [-0.2, 0) is 0 Å². The molecule has 2 rings (SSSR count). The predicted octanol–water partition coefficient (Wildman–Crippen LogP) is 1.94. The zero-order valence-corrected chi connectivity index (χ0v) is 8.98. The number of pyridine rings is 2. The summed E-state index contributed by atoms with van der Waals surface area (Å²) in [5, 5.41) is 0.369. The maximum Gasteiger partial charge on any atom is 0.215 e. The molecule has 80 valence electrons. The monoisotopic (exact) mass is 233 g/mol. The Labute approximate surface area is 97.1 Å². The van der Waals surface area contributed by atoms with Crippen molar-refractivity contribution in [1.82, 2.24) is 9.97 Å². The Bertz CT molecular complexity index is 528. The second-order valence-corrected chi connectivity index (χ2v) is 3.57. The van der Waals surface area contributed by atoms with Gasteiger partial charge in [-0.15, -0.1) is 0 Å². The number of carbonyl (C=O) groups is 1. The molecular formula is C11H8ClN3O. The number of anilines is 1. The van der Waals surface area contributed by atoms with Gasteiger partial charge in [0.25, 0.3) is 0 Å². The Kier molecular flexibility index (Phi) is 2.83. The van der Waals surface area contributed by atoms with Crippen molar-refractivity contribution in [3.8, 4) is 0 Å². The minimum absolute atomic E-state index is 0.153. The molecule has 0 atom stereocenters. The highest BCUT2D eigenvalue weighted by atomic mass is 35.5. The minimum atomic E-state index is -0.284. The van der Waals surface area contributed by atoms with E-state index in [2.05, 4.69) is 9.97 Å². The number of halogens is 1. The lowest BCUT2D eigenvalue weighted by Crippen LogP contribution is -2.08. The molecule has 4 nitrogen and oxygen atoms in total. The lowest BCUT2D eigenvalue weighted by Gasteiger charge is -2.03. The van der Waals surface area contributed by atoms with Gasteiger partial charge < -0.3 is 5.73 Å². The number of nitrogen functional groups attached to an aromatic ring is 1. The van der Waals surface area contributed by atoms with E-state index in [9.17, 15) is 4.79 Å². The summed E-state index contributed by atoms with van der Waals surface area (Å²) < 4.78 is 0. The van der Waals surface area contributed by atoms with E-state index < -0.39 is 0 Å². The van der Waals surface area contributed by atoms with Gasteiger partial charge in [-0.05, 0) is 18.2 Å². The first-order valence-electron chi connectivity index (χ1n) is 4.55. The quantitative estimate of drug-likeness (QED) is 0.805. The fourth-order valence-corrected chi connectivity index (χ4v) is 1.42. The first-order valence-corrected chi connectivity index (χ1v) is 4.93. The molecule has 0 aliphatic carbocycles. The smallest absolute Gasteiger partial charge is 0.215 e. The molecule has 0 aliphatic heterocycles. The molecule has 2 aromatic heterocycles. The van der Waals surface area contributed by atoms with E-state index in [1.54, 1.807) is 24.4 Å².